The maximum atomic E-state index is 5.85. The molecule has 0 unspecified atom stereocenters. The van der Waals surface area contributed by atoms with Gasteiger partial charge < -0.3 is 4.90 Å². The van der Waals surface area contributed by atoms with E-state index in [1.807, 2.05) is 6.07 Å². The van der Waals surface area contributed by atoms with Gasteiger partial charge in [-0.05, 0) is 19.0 Å². The van der Waals surface area contributed by atoms with Gasteiger partial charge in [0.15, 0.2) is 0 Å². The number of pyridine rings is 1. The molecule has 1 N–H and O–H groups in total. The zero-order valence-corrected chi connectivity index (χ0v) is 10.3. The monoisotopic (exact) mass is 248 g/mol. The Bertz CT molecular complexity index is 587. The van der Waals surface area contributed by atoms with Gasteiger partial charge in [-0.3, -0.25) is 5.10 Å². The minimum Gasteiger partial charge on any atom is -0.302 e. The van der Waals surface area contributed by atoms with Crippen molar-refractivity contribution in [1.29, 1.82) is 0 Å². The van der Waals surface area contributed by atoms with Crippen molar-refractivity contribution < 1.29 is 0 Å². The first-order valence-corrected chi connectivity index (χ1v) is 5.99. The molecule has 0 radical (unpaired) electrons. The van der Waals surface area contributed by atoms with Gasteiger partial charge in [0.05, 0.1) is 11.2 Å². The Hall–Kier alpha value is -1.39. The van der Waals surface area contributed by atoms with E-state index < -0.39 is 0 Å². The lowest BCUT2D eigenvalue weighted by molar-refractivity contribution is 0.370. The van der Waals surface area contributed by atoms with Crippen LogP contribution in [0.4, 0.5) is 0 Å². The lowest BCUT2D eigenvalue weighted by atomic mass is 10.0. The zero-order valence-electron chi connectivity index (χ0n) is 9.57. The highest BCUT2D eigenvalue weighted by molar-refractivity contribution is 6.30. The molecule has 3 heterocycles. The van der Waals surface area contributed by atoms with E-state index in [0.29, 0.717) is 5.15 Å². The van der Waals surface area contributed by atoms with Gasteiger partial charge in [-0.1, -0.05) is 17.7 Å². The van der Waals surface area contributed by atoms with Crippen LogP contribution in [0.25, 0.3) is 16.5 Å². The molecule has 88 valence electrons. The van der Waals surface area contributed by atoms with Crippen LogP contribution in [0.5, 0.6) is 0 Å². The minimum atomic E-state index is 0.491. The molecule has 0 spiro atoms. The van der Waals surface area contributed by atoms with Gasteiger partial charge in [-0.2, -0.15) is 5.10 Å². The van der Waals surface area contributed by atoms with Gasteiger partial charge in [0.1, 0.15) is 5.15 Å². The normalized spacial score (nSPS) is 17.4. The highest BCUT2D eigenvalue weighted by atomic mass is 35.5. The molecule has 2 aromatic heterocycles. The number of hydrogen-bond acceptors (Lipinski definition) is 3. The van der Waals surface area contributed by atoms with Gasteiger partial charge in [0, 0.05) is 30.7 Å². The molecule has 0 bridgehead atoms. The number of aromatic nitrogens is 3. The molecule has 0 saturated heterocycles. The van der Waals surface area contributed by atoms with E-state index in [1.165, 1.54) is 5.57 Å². The maximum absolute atomic E-state index is 5.85. The van der Waals surface area contributed by atoms with Crippen LogP contribution in [0.15, 0.2) is 18.3 Å². The quantitative estimate of drug-likeness (QED) is 0.788. The predicted molar refractivity (Wildman–Crippen MR) is 69.0 cm³/mol. The third-order valence-electron chi connectivity index (χ3n) is 3.13. The number of aromatic amines is 1. The Morgan fingerprint density at radius 1 is 1.47 bits per heavy atom. The summed E-state index contributed by atoms with van der Waals surface area (Å²) < 4.78 is 0. The number of hydrogen-bond donors (Lipinski definition) is 1. The number of nitrogens with zero attached hydrogens (tertiary/aromatic N) is 3. The van der Waals surface area contributed by atoms with Crippen LogP contribution >= 0.6 is 11.6 Å². The molecule has 1 aliphatic heterocycles. The zero-order chi connectivity index (χ0) is 11.8. The van der Waals surface area contributed by atoms with Crippen molar-refractivity contribution in [3.05, 3.63) is 29.2 Å². The van der Waals surface area contributed by atoms with Crippen molar-refractivity contribution in [2.45, 2.75) is 6.42 Å². The van der Waals surface area contributed by atoms with E-state index in [-0.39, 0.29) is 0 Å². The molecule has 0 atom stereocenters. The average Bonchev–Trinajstić information content (AvgIpc) is 2.73. The van der Waals surface area contributed by atoms with Crippen LogP contribution in [-0.4, -0.2) is 40.2 Å². The first kappa shape index (κ1) is 10.7. The average molecular weight is 249 g/mol. The third-order valence-corrected chi connectivity index (χ3v) is 3.34. The molecule has 0 fully saturated rings. The van der Waals surface area contributed by atoms with Crippen LogP contribution in [0.3, 0.4) is 0 Å². The van der Waals surface area contributed by atoms with Crippen molar-refractivity contribution in [3.8, 4) is 0 Å². The highest BCUT2D eigenvalue weighted by Crippen LogP contribution is 2.27. The van der Waals surface area contributed by atoms with E-state index in [4.69, 9.17) is 11.6 Å². The lowest BCUT2D eigenvalue weighted by Crippen LogP contribution is -2.23. The topological polar surface area (TPSA) is 44.8 Å². The molecule has 0 amide bonds. The smallest absolute Gasteiger partial charge is 0.131 e. The second-order valence-electron chi connectivity index (χ2n) is 4.37. The molecule has 1 aliphatic rings. The molecule has 0 aliphatic carbocycles. The highest BCUT2D eigenvalue weighted by Gasteiger charge is 2.15. The molecule has 3 rings (SSSR count). The summed E-state index contributed by atoms with van der Waals surface area (Å²) in [5.41, 5.74) is 3.25. The predicted octanol–water partition coefficient (Wildman–Crippen LogP) is 2.33. The number of nitrogens with one attached hydrogen (secondary N) is 1. The summed E-state index contributed by atoms with van der Waals surface area (Å²) in [6, 6.07) is 1.81. The van der Waals surface area contributed by atoms with Gasteiger partial charge >= 0.3 is 0 Å². The second-order valence-corrected chi connectivity index (χ2v) is 4.75. The number of rotatable bonds is 1. The number of fused-ring (bicyclic) bond motifs is 1. The SMILES string of the molecule is CN1CC=C(c2n[nH]c3cc(Cl)ncc23)CC1. The minimum absolute atomic E-state index is 0.491. The lowest BCUT2D eigenvalue weighted by Gasteiger charge is -2.20. The van der Waals surface area contributed by atoms with Crippen LogP contribution < -0.4 is 0 Å². The van der Waals surface area contributed by atoms with Gasteiger partial charge in [0.2, 0.25) is 0 Å². The van der Waals surface area contributed by atoms with Crippen LogP contribution in [0.2, 0.25) is 5.15 Å². The molecule has 0 aromatic carbocycles. The Labute approximate surface area is 104 Å². The van der Waals surface area contributed by atoms with E-state index in [2.05, 4.69) is 33.2 Å². The fourth-order valence-corrected chi connectivity index (χ4v) is 2.28. The van der Waals surface area contributed by atoms with Crippen LogP contribution in [-0.2, 0) is 0 Å². The molecular weight excluding hydrogens is 236 g/mol. The molecular formula is C12H13ClN4. The second kappa shape index (κ2) is 4.13. The Morgan fingerprint density at radius 3 is 3.12 bits per heavy atom. The largest absolute Gasteiger partial charge is 0.302 e. The Kier molecular flexibility index (Phi) is 2.61. The van der Waals surface area contributed by atoms with E-state index >= 15 is 0 Å². The third kappa shape index (κ3) is 1.94. The van der Waals surface area contributed by atoms with E-state index in [0.717, 1.165) is 36.1 Å². The summed E-state index contributed by atoms with van der Waals surface area (Å²) >= 11 is 5.85. The van der Waals surface area contributed by atoms with Crippen molar-refractivity contribution in [1.82, 2.24) is 20.1 Å². The molecule has 2 aromatic rings. The number of likely N-dealkylation sites (N-methyl/N-ethyl adjacent to an activating group) is 1. The first-order valence-electron chi connectivity index (χ1n) is 5.61. The number of H-pyrrole nitrogens is 1. The molecule has 0 saturated carbocycles. The summed E-state index contributed by atoms with van der Waals surface area (Å²) in [6.45, 7) is 2.05. The van der Waals surface area contributed by atoms with Gasteiger partial charge in [-0.25, -0.2) is 4.98 Å². The van der Waals surface area contributed by atoms with Crippen LogP contribution in [0, 0.1) is 0 Å². The van der Waals surface area contributed by atoms with E-state index in [1.54, 1.807) is 6.20 Å². The Morgan fingerprint density at radius 2 is 2.35 bits per heavy atom. The summed E-state index contributed by atoms with van der Waals surface area (Å²) in [5.74, 6) is 0. The number of halogens is 1. The van der Waals surface area contributed by atoms with E-state index in [9.17, 15) is 0 Å². The molecule has 17 heavy (non-hydrogen) atoms. The van der Waals surface area contributed by atoms with Crippen molar-refractivity contribution in [2.24, 2.45) is 0 Å². The molecule has 5 heteroatoms. The fraction of sp³-hybridized carbons (Fsp3) is 0.333. The van der Waals surface area contributed by atoms with Gasteiger partial charge in [0.25, 0.3) is 0 Å². The Balaban J connectivity index is 2.06. The van der Waals surface area contributed by atoms with Crippen molar-refractivity contribution in [2.75, 3.05) is 20.1 Å². The standard InChI is InChI=1S/C12H13ClN4/c1-17-4-2-8(3-5-17)12-9-7-14-11(13)6-10(9)15-16-12/h2,6-7H,3-5H2,1H3,(H,15,16). The summed E-state index contributed by atoms with van der Waals surface area (Å²) in [4.78, 5) is 6.40. The maximum Gasteiger partial charge on any atom is 0.131 e. The van der Waals surface area contributed by atoms with Crippen molar-refractivity contribution in [3.63, 3.8) is 0 Å². The van der Waals surface area contributed by atoms with Crippen LogP contribution in [0.1, 0.15) is 12.1 Å². The van der Waals surface area contributed by atoms with Gasteiger partial charge in [-0.15, -0.1) is 0 Å². The van der Waals surface area contributed by atoms with Crippen molar-refractivity contribution >= 4 is 28.1 Å². The summed E-state index contributed by atoms with van der Waals surface area (Å²) in [5, 5.41) is 8.92. The fourth-order valence-electron chi connectivity index (χ4n) is 2.12. The summed E-state index contributed by atoms with van der Waals surface area (Å²) in [6.07, 6.45) is 5.04. The molecule has 4 nitrogen and oxygen atoms in total. The first-order chi connectivity index (χ1) is 8.24. The summed E-state index contributed by atoms with van der Waals surface area (Å²) in [7, 11) is 2.12.